The molecule has 2 bridgehead atoms. The van der Waals surface area contributed by atoms with Gasteiger partial charge in [-0.1, -0.05) is 6.07 Å². The predicted octanol–water partition coefficient (Wildman–Crippen LogP) is 3.94. The van der Waals surface area contributed by atoms with E-state index >= 15 is 0 Å². The van der Waals surface area contributed by atoms with E-state index in [4.69, 9.17) is 9.72 Å². The number of anilines is 1. The number of hydrogen-bond acceptors (Lipinski definition) is 8. The maximum Gasteiger partial charge on any atom is 0.212 e. The van der Waals surface area contributed by atoms with Gasteiger partial charge in [0, 0.05) is 67.5 Å². The lowest BCUT2D eigenvalue weighted by atomic mass is 9.87. The molecule has 4 aliphatic rings. The van der Waals surface area contributed by atoms with Crippen molar-refractivity contribution in [1.29, 1.82) is 5.26 Å². The zero-order valence-corrected chi connectivity index (χ0v) is 23.1. The largest absolute Gasteiger partial charge is 0.481 e. The van der Waals surface area contributed by atoms with Crippen molar-refractivity contribution >= 4 is 11.3 Å². The van der Waals surface area contributed by atoms with Crippen LogP contribution in [0.1, 0.15) is 41.9 Å². The highest BCUT2D eigenvalue weighted by atomic mass is 16.5. The Morgan fingerprint density at radius 2 is 1.85 bits per heavy atom. The molecule has 8 rings (SSSR count). The van der Waals surface area contributed by atoms with Crippen LogP contribution in [0.15, 0.2) is 55.1 Å². The fraction of sp³-hybridized carbons (Fsp3) is 0.419. The first-order chi connectivity index (χ1) is 19.6. The second kappa shape index (κ2) is 10.2. The average molecular weight is 535 g/mol. The van der Waals surface area contributed by atoms with Crippen LogP contribution in [0.5, 0.6) is 5.88 Å². The number of fused-ring (bicyclic) bond motifs is 3. The van der Waals surface area contributed by atoms with Crippen molar-refractivity contribution in [3.05, 3.63) is 71.8 Å². The van der Waals surface area contributed by atoms with E-state index in [1.807, 2.05) is 23.0 Å². The Bertz CT molecular complexity index is 1540. The smallest absolute Gasteiger partial charge is 0.212 e. The van der Waals surface area contributed by atoms with Gasteiger partial charge in [0.15, 0.2) is 0 Å². The van der Waals surface area contributed by atoms with Crippen LogP contribution in [0.25, 0.3) is 16.6 Å². The molecule has 4 fully saturated rings. The van der Waals surface area contributed by atoms with E-state index < -0.39 is 0 Å². The summed E-state index contributed by atoms with van der Waals surface area (Å²) in [5.41, 5.74) is 6.02. The number of hydrogen-bond donors (Lipinski definition) is 0. The third kappa shape index (κ3) is 4.47. The Morgan fingerprint density at radius 3 is 2.52 bits per heavy atom. The van der Waals surface area contributed by atoms with Crippen molar-refractivity contribution in [2.45, 2.75) is 43.8 Å². The third-order valence-corrected chi connectivity index (χ3v) is 9.04. The summed E-state index contributed by atoms with van der Waals surface area (Å²) in [5.74, 6) is 2.17. The molecule has 4 saturated heterocycles. The van der Waals surface area contributed by atoms with E-state index in [9.17, 15) is 5.26 Å². The van der Waals surface area contributed by atoms with Crippen molar-refractivity contribution in [1.82, 2.24) is 29.4 Å². The van der Waals surface area contributed by atoms with Crippen molar-refractivity contribution in [2.75, 3.05) is 45.2 Å². The van der Waals surface area contributed by atoms with Gasteiger partial charge in [-0.05, 0) is 74.6 Å². The molecule has 4 aliphatic heterocycles. The van der Waals surface area contributed by atoms with Gasteiger partial charge in [0.2, 0.25) is 5.88 Å². The number of ether oxygens (including phenoxy) is 1. The molecule has 0 aromatic carbocycles. The van der Waals surface area contributed by atoms with Crippen molar-refractivity contribution < 1.29 is 4.74 Å². The van der Waals surface area contributed by atoms with Crippen molar-refractivity contribution in [3.63, 3.8) is 0 Å². The number of likely N-dealkylation sites (tertiary alicyclic amines) is 1. The number of nitrogens with zero attached hydrogens (tertiary/aromatic N) is 8. The maximum absolute atomic E-state index is 9.78. The molecule has 40 heavy (non-hydrogen) atoms. The fourth-order valence-corrected chi connectivity index (χ4v) is 6.71. The Morgan fingerprint density at radius 1 is 1.02 bits per heavy atom. The van der Waals surface area contributed by atoms with E-state index in [1.165, 1.54) is 17.5 Å². The van der Waals surface area contributed by atoms with Crippen molar-refractivity contribution in [3.8, 4) is 23.1 Å². The second-order valence-corrected chi connectivity index (χ2v) is 11.5. The molecule has 4 aromatic rings. The molecule has 9 heteroatoms. The molecule has 204 valence electrons. The summed E-state index contributed by atoms with van der Waals surface area (Å²) in [6, 6.07) is 14.0. The SMILES string of the molecule is COc1ccc(CN2C3CC2CN(c2ccc(-c4cc(C5CCN(C)CC5)cn5ncc(C#N)c45)cn2)C3)cn1. The summed E-state index contributed by atoms with van der Waals surface area (Å²) in [7, 11) is 3.83. The van der Waals surface area contributed by atoms with Gasteiger partial charge in [-0.15, -0.1) is 0 Å². The van der Waals surface area contributed by atoms with E-state index in [0.29, 0.717) is 29.4 Å². The monoisotopic (exact) mass is 534 g/mol. The highest BCUT2D eigenvalue weighted by molar-refractivity contribution is 5.84. The molecule has 0 amide bonds. The molecule has 0 spiro atoms. The normalized spacial score (nSPS) is 21.8. The van der Waals surface area contributed by atoms with Gasteiger partial charge in [-0.25, -0.2) is 14.5 Å². The minimum atomic E-state index is 0.498. The number of nitriles is 1. The van der Waals surface area contributed by atoms with Crippen LogP contribution in [0.3, 0.4) is 0 Å². The molecule has 4 aromatic heterocycles. The highest BCUT2D eigenvalue weighted by Crippen LogP contribution is 2.37. The van der Waals surface area contributed by atoms with Gasteiger partial charge >= 0.3 is 0 Å². The Kier molecular flexibility index (Phi) is 6.37. The quantitative estimate of drug-likeness (QED) is 0.368. The molecule has 0 saturated carbocycles. The van der Waals surface area contributed by atoms with Gasteiger partial charge in [0.25, 0.3) is 0 Å². The lowest BCUT2D eigenvalue weighted by Gasteiger charge is -2.56. The first-order valence-electron chi connectivity index (χ1n) is 14.2. The van der Waals surface area contributed by atoms with Gasteiger partial charge in [-0.2, -0.15) is 10.4 Å². The van der Waals surface area contributed by atoms with E-state index in [0.717, 1.165) is 68.0 Å². The molecular formula is C31H34N8O. The molecular weight excluding hydrogens is 500 g/mol. The summed E-state index contributed by atoms with van der Waals surface area (Å²) < 4.78 is 7.09. The lowest BCUT2D eigenvalue weighted by molar-refractivity contribution is -0.00876. The number of aromatic nitrogens is 4. The zero-order valence-electron chi connectivity index (χ0n) is 23.1. The van der Waals surface area contributed by atoms with E-state index in [2.05, 4.69) is 68.4 Å². The number of rotatable bonds is 6. The van der Waals surface area contributed by atoms with Crippen LogP contribution in [-0.4, -0.2) is 81.8 Å². The van der Waals surface area contributed by atoms with Crippen LogP contribution in [-0.2, 0) is 6.54 Å². The van der Waals surface area contributed by atoms with Gasteiger partial charge < -0.3 is 14.5 Å². The fourth-order valence-electron chi connectivity index (χ4n) is 6.71. The van der Waals surface area contributed by atoms with Crippen molar-refractivity contribution in [2.24, 2.45) is 0 Å². The molecule has 0 N–H and O–H groups in total. The summed E-state index contributed by atoms with van der Waals surface area (Å²) in [5, 5.41) is 14.3. The minimum Gasteiger partial charge on any atom is -0.481 e. The standard InChI is InChI=1S/C31H34N8O/c1-36-9-7-22(8-10-36)24-11-28(31-25(13-32)16-35-39(31)18-24)23-4-5-29(33-15-23)37-19-26-12-27(20-37)38(26)17-21-3-6-30(40-2)34-14-21/h3-6,11,14-16,18,22,26-27H,7-10,12,17,19-20H2,1-2H3. The van der Waals surface area contributed by atoms with E-state index in [1.54, 1.807) is 13.3 Å². The van der Waals surface area contributed by atoms with Gasteiger partial charge in [0.05, 0.1) is 24.4 Å². The first kappa shape index (κ1) is 25.0. The molecule has 0 radical (unpaired) electrons. The van der Waals surface area contributed by atoms with Crippen LogP contribution >= 0.6 is 0 Å². The summed E-state index contributed by atoms with van der Waals surface area (Å²) >= 11 is 0. The predicted molar refractivity (Wildman–Crippen MR) is 153 cm³/mol. The van der Waals surface area contributed by atoms with Crippen LogP contribution < -0.4 is 9.64 Å². The average Bonchev–Trinajstić information content (AvgIpc) is 3.43. The number of piperidine rings is 2. The number of methoxy groups -OCH3 is 1. The summed E-state index contributed by atoms with van der Waals surface area (Å²) in [6.07, 6.45) is 11.2. The van der Waals surface area contributed by atoms with Gasteiger partial charge in [-0.3, -0.25) is 4.90 Å². The first-order valence-corrected chi connectivity index (χ1v) is 14.2. The zero-order chi connectivity index (χ0) is 27.2. The molecule has 8 heterocycles. The number of pyridine rings is 3. The van der Waals surface area contributed by atoms with Crippen LogP contribution in [0.2, 0.25) is 0 Å². The Labute approximate surface area is 234 Å². The number of piperazine rings is 1. The van der Waals surface area contributed by atoms with Gasteiger partial charge in [0.1, 0.15) is 11.9 Å². The lowest BCUT2D eigenvalue weighted by Crippen LogP contribution is -2.68. The second-order valence-electron chi connectivity index (χ2n) is 11.5. The Hall–Kier alpha value is -4.00. The van der Waals surface area contributed by atoms with Crippen LogP contribution in [0, 0.1) is 11.3 Å². The molecule has 2 atom stereocenters. The topological polar surface area (TPSA) is 85.8 Å². The molecule has 9 nitrogen and oxygen atoms in total. The Balaban J connectivity index is 1.10. The minimum absolute atomic E-state index is 0.498. The maximum atomic E-state index is 9.78. The molecule has 2 unspecified atom stereocenters. The summed E-state index contributed by atoms with van der Waals surface area (Å²) in [4.78, 5) is 16.7. The van der Waals surface area contributed by atoms with E-state index in [-0.39, 0.29) is 0 Å². The molecule has 0 aliphatic carbocycles. The highest BCUT2D eigenvalue weighted by Gasteiger charge is 2.44. The third-order valence-electron chi connectivity index (χ3n) is 9.04. The van der Waals surface area contributed by atoms with Crippen LogP contribution in [0.4, 0.5) is 5.82 Å². The summed E-state index contributed by atoms with van der Waals surface area (Å²) in [6.45, 7) is 5.07.